The van der Waals surface area contributed by atoms with Gasteiger partial charge in [0.05, 0.1) is 15.9 Å². The molecule has 0 spiro atoms. The topological polar surface area (TPSA) is 61.6 Å². The Hall–Kier alpha value is -1.14. The molecule has 1 atom stereocenters. The standard InChI is InChI=1S/C12H14ClNO4S/c1-8(2-3-13)19-12-7-11-10(17-4-5-18-11)6-9(12)14(15)16/h6-8H,2-5H2,1H3. The normalized spacial score (nSPS) is 15.1. The number of nitro groups is 1. The Labute approximate surface area is 120 Å². The quantitative estimate of drug-likeness (QED) is 0.361. The fourth-order valence-electron chi connectivity index (χ4n) is 1.73. The summed E-state index contributed by atoms with van der Waals surface area (Å²) in [6.07, 6.45) is 0.790. The van der Waals surface area contributed by atoms with E-state index in [2.05, 4.69) is 0 Å². The molecule has 0 amide bonds. The molecule has 0 fully saturated rings. The molecule has 0 saturated carbocycles. The number of halogens is 1. The van der Waals surface area contributed by atoms with Crippen LogP contribution in [0.4, 0.5) is 5.69 Å². The first-order valence-corrected chi connectivity index (χ1v) is 7.34. The van der Waals surface area contributed by atoms with Crippen molar-refractivity contribution in [1.82, 2.24) is 0 Å². The zero-order valence-electron chi connectivity index (χ0n) is 10.4. The van der Waals surface area contributed by atoms with Crippen molar-refractivity contribution in [2.24, 2.45) is 0 Å². The van der Waals surface area contributed by atoms with E-state index in [4.69, 9.17) is 21.1 Å². The maximum absolute atomic E-state index is 11.1. The predicted molar refractivity (Wildman–Crippen MR) is 74.7 cm³/mol. The third-order valence-corrected chi connectivity index (χ3v) is 4.10. The second kappa shape index (κ2) is 6.34. The molecule has 1 aromatic rings. The van der Waals surface area contributed by atoms with E-state index in [-0.39, 0.29) is 10.9 Å². The minimum Gasteiger partial charge on any atom is -0.486 e. The summed E-state index contributed by atoms with van der Waals surface area (Å²) >= 11 is 7.12. The van der Waals surface area contributed by atoms with Crippen molar-refractivity contribution >= 4 is 29.1 Å². The van der Waals surface area contributed by atoms with Gasteiger partial charge in [0.2, 0.25) is 0 Å². The summed E-state index contributed by atoms with van der Waals surface area (Å²) in [4.78, 5) is 11.3. The lowest BCUT2D eigenvalue weighted by Crippen LogP contribution is -2.15. The Kier molecular flexibility index (Phi) is 4.76. The Morgan fingerprint density at radius 3 is 2.63 bits per heavy atom. The number of rotatable bonds is 5. The molecule has 7 heteroatoms. The number of nitrogens with zero attached hydrogens (tertiary/aromatic N) is 1. The first-order chi connectivity index (χ1) is 9.11. The highest BCUT2D eigenvalue weighted by molar-refractivity contribution is 8.00. The average Bonchev–Trinajstić information content (AvgIpc) is 2.38. The van der Waals surface area contributed by atoms with E-state index in [0.29, 0.717) is 35.5 Å². The largest absolute Gasteiger partial charge is 0.486 e. The number of nitro benzene ring substituents is 1. The van der Waals surface area contributed by atoms with E-state index >= 15 is 0 Å². The van der Waals surface area contributed by atoms with Gasteiger partial charge in [-0.25, -0.2) is 0 Å². The minimum absolute atomic E-state index is 0.0515. The zero-order chi connectivity index (χ0) is 13.8. The monoisotopic (exact) mass is 303 g/mol. The van der Waals surface area contributed by atoms with Gasteiger partial charge in [-0.05, 0) is 6.42 Å². The van der Waals surface area contributed by atoms with Crippen molar-refractivity contribution in [3.05, 3.63) is 22.2 Å². The molecule has 104 valence electrons. The van der Waals surface area contributed by atoms with Crippen molar-refractivity contribution in [1.29, 1.82) is 0 Å². The maximum atomic E-state index is 11.1. The summed E-state index contributed by atoms with van der Waals surface area (Å²) in [5.41, 5.74) is 0.0515. The van der Waals surface area contributed by atoms with Crippen molar-refractivity contribution in [3.8, 4) is 11.5 Å². The molecule has 0 aromatic heterocycles. The summed E-state index contributed by atoms with van der Waals surface area (Å²) in [7, 11) is 0. The van der Waals surface area contributed by atoms with Gasteiger partial charge in [0, 0.05) is 17.2 Å². The first kappa shape index (κ1) is 14.3. The smallest absolute Gasteiger partial charge is 0.286 e. The van der Waals surface area contributed by atoms with Gasteiger partial charge in [-0.3, -0.25) is 10.1 Å². The number of hydrogen-bond acceptors (Lipinski definition) is 5. The predicted octanol–water partition coefficient (Wildman–Crippen LogP) is 3.48. The lowest BCUT2D eigenvalue weighted by molar-refractivity contribution is -0.387. The fraction of sp³-hybridized carbons (Fsp3) is 0.500. The Balaban J connectivity index is 2.31. The summed E-state index contributed by atoms with van der Waals surface area (Å²) < 4.78 is 10.8. The molecule has 1 aliphatic rings. The number of hydrogen-bond donors (Lipinski definition) is 0. The van der Waals surface area contributed by atoms with Gasteiger partial charge in [-0.2, -0.15) is 0 Å². The lowest BCUT2D eigenvalue weighted by atomic mass is 10.2. The highest BCUT2D eigenvalue weighted by Crippen LogP contribution is 2.42. The van der Waals surface area contributed by atoms with E-state index in [0.717, 1.165) is 6.42 Å². The van der Waals surface area contributed by atoms with Crippen LogP contribution in [0.25, 0.3) is 0 Å². The SMILES string of the molecule is CC(CCCl)Sc1cc2c(cc1[N+](=O)[O-])OCCO2. The molecule has 1 heterocycles. The molecule has 0 aliphatic carbocycles. The Morgan fingerprint density at radius 1 is 1.42 bits per heavy atom. The van der Waals surface area contributed by atoms with Crippen molar-refractivity contribution in [2.75, 3.05) is 19.1 Å². The fourth-order valence-corrected chi connectivity index (χ4v) is 3.28. The summed E-state index contributed by atoms with van der Waals surface area (Å²) in [6.45, 7) is 2.87. The maximum Gasteiger partial charge on any atom is 0.286 e. The van der Waals surface area contributed by atoms with E-state index in [9.17, 15) is 10.1 Å². The summed E-state index contributed by atoms with van der Waals surface area (Å²) in [5.74, 6) is 1.54. The average molecular weight is 304 g/mol. The second-order valence-electron chi connectivity index (χ2n) is 4.13. The molecular weight excluding hydrogens is 290 g/mol. The van der Waals surface area contributed by atoms with Crippen LogP contribution in [0.1, 0.15) is 13.3 Å². The van der Waals surface area contributed by atoms with Crippen molar-refractivity contribution in [3.63, 3.8) is 0 Å². The van der Waals surface area contributed by atoms with Crippen LogP contribution in [-0.4, -0.2) is 29.3 Å². The molecule has 1 aliphatic heterocycles. The third-order valence-electron chi connectivity index (χ3n) is 2.66. The molecule has 1 aromatic carbocycles. The van der Waals surface area contributed by atoms with Crippen LogP contribution in [0.3, 0.4) is 0 Å². The minimum atomic E-state index is -0.395. The molecule has 0 radical (unpaired) electrons. The molecule has 0 N–H and O–H groups in total. The van der Waals surface area contributed by atoms with E-state index in [1.54, 1.807) is 6.07 Å². The molecule has 0 saturated heterocycles. The number of benzene rings is 1. The number of thioether (sulfide) groups is 1. The molecule has 1 unspecified atom stereocenters. The number of fused-ring (bicyclic) bond motifs is 1. The van der Waals surface area contributed by atoms with Gasteiger partial charge >= 0.3 is 0 Å². The second-order valence-corrected chi connectivity index (χ2v) is 5.99. The van der Waals surface area contributed by atoms with E-state index < -0.39 is 4.92 Å². The van der Waals surface area contributed by atoms with Gasteiger partial charge in [0.1, 0.15) is 13.2 Å². The van der Waals surface area contributed by atoms with Crippen LogP contribution >= 0.6 is 23.4 Å². The Bertz CT molecular complexity index is 483. The van der Waals surface area contributed by atoms with Gasteiger partial charge in [-0.15, -0.1) is 23.4 Å². The van der Waals surface area contributed by atoms with Crippen molar-refractivity contribution < 1.29 is 14.4 Å². The van der Waals surface area contributed by atoms with Crippen LogP contribution in [-0.2, 0) is 0 Å². The zero-order valence-corrected chi connectivity index (χ0v) is 12.0. The van der Waals surface area contributed by atoms with Crippen LogP contribution in [0.5, 0.6) is 11.5 Å². The highest BCUT2D eigenvalue weighted by atomic mass is 35.5. The number of alkyl halides is 1. The molecular formula is C12H14ClNO4S. The third kappa shape index (κ3) is 3.45. The van der Waals surface area contributed by atoms with Gasteiger partial charge in [0.15, 0.2) is 11.5 Å². The van der Waals surface area contributed by atoms with Gasteiger partial charge < -0.3 is 9.47 Å². The van der Waals surface area contributed by atoms with E-state index in [1.807, 2.05) is 6.92 Å². The van der Waals surface area contributed by atoms with Gasteiger partial charge in [-0.1, -0.05) is 6.92 Å². The molecule has 2 rings (SSSR count). The van der Waals surface area contributed by atoms with Gasteiger partial charge in [0.25, 0.3) is 5.69 Å². The van der Waals surface area contributed by atoms with Crippen LogP contribution < -0.4 is 9.47 Å². The lowest BCUT2D eigenvalue weighted by Gasteiger charge is -2.19. The highest BCUT2D eigenvalue weighted by Gasteiger charge is 2.23. The van der Waals surface area contributed by atoms with Crippen molar-refractivity contribution in [2.45, 2.75) is 23.5 Å². The molecule has 0 bridgehead atoms. The number of ether oxygens (including phenoxy) is 2. The van der Waals surface area contributed by atoms with E-state index in [1.165, 1.54) is 17.8 Å². The molecule has 5 nitrogen and oxygen atoms in total. The van der Waals surface area contributed by atoms with Crippen LogP contribution in [0.15, 0.2) is 17.0 Å². The Morgan fingerprint density at radius 2 is 2.05 bits per heavy atom. The molecule has 19 heavy (non-hydrogen) atoms. The van der Waals surface area contributed by atoms with Crippen LogP contribution in [0, 0.1) is 10.1 Å². The summed E-state index contributed by atoms with van der Waals surface area (Å²) in [5, 5.41) is 11.3. The summed E-state index contributed by atoms with van der Waals surface area (Å²) in [6, 6.07) is 3.12. The van der Waals surface area contributed by atoms with Crippen LogP contribution in [0.2, 0.25) is 0 Å². The first-order valence-electron chi connectivity index (χ1n) is 5.92.